The summed E-state index contributed by atoms with van der Waals surface area (Å²) >= 11 is 0. The van der Waals surface area contributed by atoms with Gasteiger partial charge in [0.15, 0.2) is 0 Å². The van der Waals surface area contributed by atoms with E-state index >= 15 is 0 Å². The largest absolute Gasteiger partial charge is 0.466 e. The molecule has 3 N–H and O–H groups in total. The summed E-state index contributed by atoms with van der Waals surface area (Å²) in [6.45, 7) is 4.96. The maximum atomic E-state index is 12.5. The topological polar surface area (TPSA) is 95.9 Å². The molecular weight excluding hydrogens is 887 g/mol. The first-order valence-electron chi connectivity index (χ1n) is 32.9. The second kappa shape index (κ2) is 62.1. The summed E-state index contributed by atoms with van der Waals surface area (Å²) in [5.74, 6) is -0.0331. The zero-order valence-electron chi connectivity index (χ0n) is 48.9. The SMILES string of the molecule is CCCCC/C=C\CCCCCCCC(=O)OCCCCCCCCCCCCCCCCCCCCCC(=O)NC(CO)C(O)CCCCCCCCCCCCCCCCCCCCCCCCCC. The van der Waals surface area contributed by atoms with Crippen LogP contribution in [0.15, 0.2) is 12.2 Å². The number of nitrogens with one attached hydrogen (secondary N) is 1. The van der Waals surface area contributed by atoms with E-state index < -0.39 is 12.1 Å². The Bertz CT molecular complexity index is 1080. The molecule has 0 aromatic carbocycles. The van der Waals surface area contributed by atoms with Crippen LogP contribution >= 0.6 is 0 Å². The van der Waals surface area contributed by atoms with E-state index in [-0.39, 0.29) is 18.5 Å². The molecule has 0 bridgehead atoms. The minimum atomic E-state index is -0.667. The quantitative estimate of drug-likeness (QED) is 0.0320. The number of rotatable bonds is 62. The van der Waals surface area contributed by atoms with Crippen molar-refractivity contribution in [2.45, 2.75) is 386 Å². The highest BCUT2D eigenvalue weighted by Crippen LogP contribution is 2.19. The summed E-state index contributed by atoms with van der Waals surface area (Å²) in [6.07, 6.45) is 75.2. The lowest BCUT2D eigenvalue weighted by atomic mass is 10.0. The third-order valence-corrected chi connectivity index (χ3v) is 15.6. The Morgan fingerprint density at radius 2 is 0.653 bits per heavy atom. The highest BCUT2D eigenvalue weighted by molar-refractivity contribution is 5.76. The fraction of sp³-hybridized carbons (Fsp3) is 0.939. The first kappa shape index (κ1) is 70.6. The molecule has 0 radical (unpaired) electrons. The van der Waals surface area contributed by atoms with Crippen LogP contribution in [0.1, 0.15) is 373 Å². The number of carbonyl (C=O) groups is 2. The Labute approximate surface area is 450 Å². The molecule has 0 rings (SSSR count). The van der Waals surface area contributed by atoms with Crippen molar-refractivity contribution in [3.63, 3.8) is 0 Å². The van der Waals surface area contributed by atoms with Crippen molar-refractivity contribution in [1.82, 2.24) is 5.32 Å². The van der Waals surface area contributed by atoms with Crippen molar-refractivity contribution in [3.8, 4) is 0 Å². The summed E-state index contributed by atoms with van der Waals surface area (Å²) in [7, 11) is 0. The van der Waals surface area contributed by atoms with Crippen LogP contribution in [0.3, 0.4) is 0 Å². The lowest BCUT2D eigenvalue weighted by Gasteiger charge is -2.22. The second-order valence-corrected chi connectivity index (χ2v) is 22.8. The van der Waals surface area contributed by atoms with Gasteiger partial charge in [0.25, 0.3) is 0 Å². The Kier molecular flexibility index (Phi) is 60.9. The number of hydrogen-bond acceptors (Lipinski definition) is 5. The van der Waals surface area contributed by atoms with E-state index in [0.717, 1.165) is 44.9 Å². The van der Waals surface area contributed by atoms with Crippen molar-refractivity contribution in [2.24, 2.45) is 0 Å². The third-order valence-electron chi connectivity index (χ3n) is 15.6. The average molecular weight is 1020 g/mol. The Hall–Kier alpha value is -1.40. The fourth-order valence-electron chi connectivity index (χ4n) is 10.5. The van der Waals surface area contributed by atoms with Gasteiger partial charge in [-0.25, -0.2) is 0 Å². The van der Waals surface area contributed by atoms with Crippen LogP contribution in [0, 0.1) is 0 Å². The summed E-state index contributed by atoms with van der Waals surface area (Å²) in [6, 6.07) is -0.544. The van der Waals surface area contributed by atoms with Gasteiger partial charge in [0.2, 0.25) is 5.91 Å². The molecule has 2 atom stereocenters. The number of ether oxygens (including phenoxy) is 1. The van der Waals surface area contributed by atoms with E-state index in [2.05, 4.69) is 31.3 Å². The van der Waals surface area contributed by atoms with Gasteiger partial charge in [-0.05, 0) is 51.4 Å². The molecule has 0 aromatic heterocycles. The van der Waals surface area contributed by atoms with E-state index in [0.29, 0.717) is 25.9 Å². The first-order valence-corrected chi connectivity index (χ1v) is 32.9. The Morgan fingerprint density at radius 3 is 1.01 bits per heavy atom. The van der Waals surface area contributed by atoms with Crippen LogP contribution in [-0.2, 0) is 14.3 Å². The van der Waals surface area contributed by atoms with Gasteiger partial charge in [0.1, 0.15) is 0 Å². The Balaban J connectivity index is 3.40. The molecule has 6 nitrogen and oxygen atoms in total. The normalized spacial score (nSPS) is 12.6. The predicted octanol–water partition coefficient (Wildman–Crippen LogP) is 20.8. The van der Waals surface area contributed by atoms with Crippen molar-refractivity contribution in [1.29, 1.82) is 0 Å². The van der Waals surface area contributed by atoms with E-state index in [4.69, 9.17) is 4.74 Å². The number of aliphatic hydroxyl groups excluding tert-OH is 2. The molecule has 0 fully saturated rings. The molecule has 6 heteroatoms. The molecule has 0 spiro atoms. The molecule has 0 saturated heterocycles. The predicted molar refractivity (Wildman–Crippen MR) is 315 cm³/mol. The van der Waals surface area contributed by atoms with Crippen molar-refractivity contribution < 1.29 is 24.5 Å². The van der Waals surface area contributed by atoms with Gasteiger partial charge >= 0.3 is 5.97 Å². The summed E-state index contributed by atoms with van der Waals surface area (Å²) in [5.41, 5.74) is 0. The van der Waals surface area contributed by atoms with E-state index in [9.17, 15) is 19.8 Å². The van der Waals surface area contributed by atoms with Crippen LogP contribution in [0.5, 0.6) is 0 Å². The number of unbranched alkanes of at least 4 members (excludes halogenated alkanes) is 49. The molecule has 2 unspecified atom stereocenters. The minimum absolute atomic E-state index is 0.000101. The minimum Gasteiger partial charge on any atom is -0.466 e. The molecule has 0 aromatic rings. The molecule has 1 amide bonds. The molecule has 0 saturated carbocycles. The second-order valence-electron chi connectivity index (χ2n) is 22.8. The zero-order valence-corrected chi connectivity index (χ0v) is 48.9. The zero-order chi connectivity index (χ0) is 52.2. The lowest BCUT2D eigenvalue weighted by molar-refractivity contribution is -0.143. The van der Waals surface area contributed by atoms with Crippen molar-refractivity contribution in [2.75, 3.05) is 13.2 Å². The van der Waals surface area contributed by atoms with E-state index in [1.54, 1.807) is 0 Å². The Morgan fingerprint density at radius 1 is 0.375 bits per heavy atom. The molecule has 0 heterocycles. The molecule has 428 valence electrons. The number of hydrogen-bond donors (Lipinski definition) is 3. The summed E-state index contributed by atoms with van der Waals surface area (Å²) < 4.78 is 5.47. The van der Waals surface area contributed by atoms with Crippen LogP contribution in [0.2, 0.25) is 0 Å². The number of allylic oxidation sites excluding steroid dienone is 2. The summed E-state index contributed by atoms with van der Waals surface area (Å²) in [5, 5.41) is 23.4. The molecule has 0 aliphatic rings. The molecule has 0 aliphatic heterocycles. The van der Waals surface area contributed by atoms with Gasteiger partial charge in [0, 0.05) is 12.8 Å². The number of amides is 1. The number of aliphatic hydroxyl groups is 2. The van der Waals surface area contributed by atoms with Gasteiger partial charge in [-0.3, -0.25) is 9.59 Å². The fourth-order valence-corrected chi connectivity index (χ4v) is 10.5. The van der Waals surface area contributed by atoms with Crippen LogP contribution in [0.4, 0.5) is 0 Å². The van der Waals surface area contributed by atoms with E-state index in [1.807, 2.05) is 0 Å². The van der Waals surface area contributed by atoms with Crippen molar-refractivity contribution in [3.05, 3.63) is 12.2 Å². The van der Waals surface area contributed by atoms with Gasteiger partial charge in [-0.2, -0.15) is 0 Å². The maximum Gasteiger partial charge on any atom is 0.305 e. The number of carbonyl (C=O) groups excluding carboxylic acids is 2. The van der Waals surface area contributed by atoms with Crippen LogP contribution in [0.25, 0.3) is 0 Å². The van der Waals surface area contributed by atoms with E-state index in [1.165, 1.54) is 295 Å². The monoisotopic (exact) mass is 1020 g/mol. The molecule has 72 heavy (non-hydrogen) atoms. The maximum absolute atomic E-state index is 12.5. The standard InChI is InChI=1S/C66H129NO5/c1-3-5-7-9-11-13-15-17-18-19-20-21-22-23-24-26-29-32-35-38-42-46-50-54-58-64(69)63(62-68)67-65(70)59-55-51-47-43-39-36-33-30-27-25-28-31-34-37-41-45-49-53-57-61-72-66(71)60-56-52-48-44-40-16-14-12-10-8-6-4-2/h12,14,63-64,68-69H,3-11,13,15-62H2,1-2H3,(H,67,70)/b14-12-. The third kappa shape index (κ3) is 57.9. The molecular formula is C66H129NO5. The average Bonchev–Trinajstić information content (AvgIpc) is 3.38. The van der Waals surface area contributed by atoms with Gasteiger partial charge in [-0.15, -0.1) is 0 Å². The first-order chi connectivity index (χ1) is 35.5. The van der Waals surface area contributed by atoms with Gasteiger partial charge in [-0.1, -0.05) is 321 Å². The summed E-state index contributed by atoms with van der Waals surface area (Å²) in [4.78, 5) is 24.6. The molecule has 0 aliphatic carbocycles. The number of esters is 1. The van der Waals surface area contributed by atoms with Gasteiger partial charge in [0.05, 0.1) is 25.4 Å². The highest BCUT2D eigenvalue weighted by Gasteiger charge is 2.20. The van der Waals surface area contributed by atoms with Gasteiger partial charge < -0.3 is 20.3 Å². The van der Waals surface area contributed by atoms with Crippen molar-refractivity contribution >= 4 is 11.9 Å². The lowest BCUT2D eigenvalue weighted by Crippen LogP contribution is -2.45. The van der Waals surface area contributed by atoms with Crippen LogP contribution in [-0.4, -0.2) is 47.4 Å². The smallest absolute Gasteiger partial charge is 0.305 e. The van der Waals surface area contributed by atoms with Crippen LogP contribution < -0.4 is 5.32 Å². The highest BCUT2D eigenvalue weighted by atomic mass is 16.5.